The second kappa shape index (κ2) is 13.7. The maximum atomic E-state index is 15.0. The fourth-order valence-corrected chi connectivity index (χ4v) is 8.68. The lowest BCUT2D eigenvalue weighted by atomic mass is 9.71. The van der Waals surface area contributed by atoms with Crippen LogP contribution in [0, 0.1) is 0 Å². The van der Waals surface area contributed by atoms with Crippen LogP contribution in [0.2, 0.25) is 15.1 Å². The number of ether oxygens (including phenoxy) is 1. The third-order valence-corrected chi connectivity index (χ3v) is 11.7. The summed E-state index contributed by atoms with van der Waals surface area (Å²) in [7, 11) is -4.96. The lowest BCUT2D eigenvalue weighted by Gasteiger charge is -2.47. The van der Waals surface area contributed by atoms with Gasteiger partial charge in [-0.1, -0.05) is 59.1 Å². The number of rotatable bonds is 8. The van der Waals surface area contributed by atoms with Crippen LogP contribution >= 0.6 is 34.8 Å². The first kappa shape index (κ1) is 35.6. The minimum absolute atomic E-state index is 0.0000155. The highest BCUT2D eigenvalue weighted by atomic mass is 35.5. The summed E-state index contributed by atoms with van der Waals surface area (Å²) in [5.74, 6) is 0.512. The van der Waals surface area contributed by atoms with Crippen LogP contribution in [0.15, 0.2) is 70.6 Å². The molecule has 1 N–H and O–H groups in total. The standard InChI is InChI=1S/C33H37Cl3N4O5S2/c1-6-45-28-20-27(36)29(47(5,43)44)19-26(28)30-37-32(2,21-7-11-23(34)12-8-21)33(3,22-9-13-24(35)14-10-22)40(30)31(41)39-17-15-25(16-18-39)38-46(4)42/h7-14,19-20,25,38H,6,15-18H2,1-5H3/t32-,33+,46?/m0/s1. The van der Waals surface area contributed by atoms with Crippen molar-refractivity contribution in [2.75, 3.05) is 32.2 Å². The number of amides is 2. The number of carbonyl (C=O) groups is 1. The summed E-state index contributed by atoms with van der Waals surface area (Å²) in [6, 6.07) is 17.1. The molecule has 252 valence electrons. The van der Waals surface area contributed by atoms with Gasteiger partial charge in [0.15, 0.2) is 9.84 Å². The first-order valence-electron chi connectivity index (χ1n) is 15.1. The Balaban J connectivity index is 1.79. The summed E-state index contributed by atoms with van der Waals surface area (Å²) in [5.41, 5.74) is -0.466. The summed E-state index contributed by atoms with van der Waals surface area (Å²) in [6.45, 7) is 6.75. The van der Waals surface area contributed by atoms with Crippen LogP contribution in [0.1, 0.15) is 50.3 Å². The van der Waals surface area contributed by atoms with Gasteiger partial charge >= 0.3 is 6.03 Å². The third-order valence-electron chi connectivity index (χ3n) is 9.01. The van der Waals surface area contributed by atoms with Crippen molar-refractivity contribution in [1.29, 1.82) is 0 Å². The normalized spacial score (nSPS) is 22.7. The number of hydrogen-bond donors (Lipinski definition) is 1. The molecule has 0 aliphatic carbocycles. The van der Waals surface area contributed by atoms with Crippen LogP contribution in [0.5, 0.6) is 5.75 Å². The van der Waals surface area contributed by atoms with E-state index in [9.17, 15) is 12.6 Å². The lowest BCUT2D eigenvalue weighted by Crippen LogP contribution is -2.59. The zero-order chi connectivity index (χ0) is 34.3. The van der Waals surface area contributed by atoms with Crippen LogP contribution in [0.25, 0.3) is 0 Å². The summed E-state index contributed by atoms with van der Waals surface area (Å²) < 4.78 is 46.8. The molecule has 2 amide bonds. The molecule has 2 aliphatic heterocycles. The van der Waals surface area contributed by atoms with Gasteiger partial charge in [0.05, 0.1) is 33.1 Å². The van der Waals surface area contributed by atoms with Crippen molar-refractivity contribution >= 4 is 67.5 Å². The molecule has 0 bridgehead atoms. The van der Waals surface area contributed by atoms with Gasteiger partial charge in [-0.15, -0.1) is 0 Å². The van der Waals surface area contributed by atoms with E-state index in [-0.39, 0.29) is 40.2 Å². The van der Waals surface area contributed by atoms with Crippen LogP contribution in [-0.4, -0.2) is 72.5 Å². The van der Waals surface area contributed by atoms with Crippen LogP contribution in [0.3, 0.4) is 0 Å². The predicted molar refractivity (Wildman–Crippen MR) is 189 cm³/mol. The van der Waals surface area contributed by atoms with E-state index in [2.05, 4.69) is 4.72 Å². The molecule has 0 aromatic heterocycles. The highest BCUT2D eigenvalue weighted by Crippen LogP contribution is 2.54. The molecule has 3 atom stereocenters. The molecule has 1 unspecified atom stereocenters. The summed E-state index contributed by atoms with van der Waals surface area (Å²) >= 11 is 19.2. The highest BCUT2D eigenvalue weighted by Gasteiger charge is 2.60. The molecule has 0 radical (unpaired) electrons. The zero-order valence-electron chi connectivity index (χ0n) is 26.7. The number of urea groups is 1. The van der Waals surface area contributed by atoms with E-state index >= 15 is 4.79 Å². The van der Waals surface area contributed by atoms with Crippen molar-refractivity contribution in [2.24, 2.45) is 4.99 Å². The molecule has 14 heteroatoms. The van der Waals surface area contributed by atoms with E-state index in [0.717, 1.165) is 17.4 Å². The van der Waals surface area contributed by atoms with Crippen LogP contribution in [-0.2, 0) is 31.9 Å². The van der Waals surface area contributed by atoms with E-state index in [0.29, 0.717) is 41.5 Å². The number of likely N-dealkylation sites (tertiary alicyclic amines) is 1. The number of carbonyl (C=O) groups excluding carboxylic acids is 1. The van der Waals surface area contributed by atoms with Crippen molar-refractivity contribution in [3.05, 3.63) is 92.4 Å². The lowest BCUT2D eigenvalue weighted by molar-refractivity contribution is 0.100. The van der Waals surface area contributed by atoms with Gasteiger partial charge in [0, 0.05) is 47.8 Å². The Hall–Kier alpha value is -2.67. The number of aliphatic imine (C=N–C) groups is 1. The molecule has 3 aromatic rings. The number of nitrogens with zero attached hydrogens (tertiary/aromatic N) is 3. The molecule has 1 fully saturated rings. The first-order valence-corrected chi connectivity index (χ1v) is 19.7. The quantitative estimate of drug-likeness (QED) is 0.273. The van der Waals surface area contributed by atoms with Crippen LogP contribution in [0.4, 0.5) is 4.79 Å². The number of hydrogen-bond acceptors (Lipinski definition) is 6. The minimum atomic E-state index is -3.78. The van der Waals surface area contributed by atoms with Gasteiger partial charge in [-0.05, 0) is 75.1 Å². The van der Waals surface area contributed by atoms with Gasteiger partial charge in [0.25, 0.3) is 0 Å². The topological polar surface area (TPSA) is 108 Å². The summed E-state index contributed by atoms with van der Waals surface area (Å²) in [5, 5.41) is 1.07. The monoisotopic (exact) mass is 738 g/mol. The Morgan fingerprint density at radius 1 is 1.00 bits per heavy atom. The fraction of sp³-hybridized carbons (Fsp3) is 0.394. The van der Waals surface area contributed by atoms with E-state index < -0.39 is 31.9 Å². The largest absolute Gasteiger partial charge is 0.493 e. The van der Waals surface area contributed by atoms with Crippen LogP contribution < -0.4 is 9.46 Å². The first-order chi connectivity index (χ1) is 22.1. The number of sulfone groups is 1. The smallest absolute Gasteiger partial charge is 0.326 e. The zero-order valence-corrected chi connectivity index (χ0v) is 30.6. The average molecular weight is 740 g/mol. The number of benzene rings is 3. The van der Waals surface area contributed by atoms with Crippen molar-refractivity contribution < 1.29 is 22.2 Å². The summed E-state index contributed by atoms with van der Waals surface area (Å²) in [6.07, 6.45) is 3.86. The second-order valence-corrected chi connectivity index (χ2v) is 16.4. The van der Waals surface area contributed by atoms with Crippen molar-refractivity contribution in [2.45, 2.75) is 55.6 Å². The molecule has 2 heterocycles. The van der Waals surface area contributed by atoms with E-state index in [1.165, 1.54) is 12.1 Å². The molecule has 0 spiro atoms. The fourth-order valence-electron chi connectivity index (χ4n) is 6.40. The van der Waals surface area contributed by atoms with Gasteiger partial charge < -0.3 is 9.64 Å². The molecular weight excluding hydrogens is 703 g/mol. The van der Waals surface area contributed by atoms with Gasteiger partial charge in [0.2, 0.25) is 0 Å². The molecular formula is C33H37Cl3N4O5S2. The Morgan fingerprint density at radius 3 is 2.06 bits per heavy atom. The van der Waals surface area contributed by atoms with Gasteiger partial charge in [0.1, 0.15) is 22.7 Å². The average Bonchev–Trinajstić information content (AvgIpc) is 3.25. The van der Waals surface area contributed by atoms with E-state index in [1.54, 1.807) is 47.2 Å². The van der Waals surface area contributed by atoms with Gasteiger partial charge in [-0.25, -0.2) is 22.1 Å². The molecule has 9 nitrogen and oxygen atoms in total. The molecule has 2 aliphatic rings. The Labute approximate surface area is 293 Å². The molecule has 0 saturated carbocycles. The van der Waals surface area contributed by atoms with Crippen molar-refractivity contribution in [1.82, 2.24) is 14.5 Å². The molecule has 3 aromatic carbocycles. The Kier molecular flexibility index (Phi) is 10.4. The molecule has 5 rings (SSSR count). The minimum Gasteiger partial charge on any atom is -0.493 e. The third kappa shape index (κ3) is 6.80. The highest BCUT2D eigenvalue weighted by molar-refractivity contribution is 7.90. The summed E-state index contributed by atoms with van der Waals surface area (Å²) in [4.78, 5) is 23.6. The Bertz CT molecular complexity index is 1830. The van der Waals surface area contributed by atoms with E-state index in [4.69, 9.17) is 44.5 Å². The Morgan fingerprint density at radius 2 is 1.55 bits per heavy atom. The second-order valence-electron chi connectivity index (χ2n) is 12.0. The number of amidine groups is 1. The van der Waals surface area contributed by atoms with Crippen molar-refractivity contribution in [3.63, 3.8) is 0 Å². The van der Waals surface area contributed by atoms with E-state index in [1.807, 2.05) is 38.1 Å². The number of nitrogens with one attached hydrogen (secondary N) is 1. The number of halogens is 3. The SMILES string of the molecule is CCOc1cc(Cl)c(S(C)(=O)=O)cc1C1=N[C@@](C)(c2ccc(Cl)cc2)[C@@](C)(c2ccc(Cl)cc2)N1C(=O)N1CCC(NS(C)=O)CC1. The number of piperidine rings is 1. The predicted octanol–water partition coefficient (Wildman–Crippen LogP) is 6.81. The van der Waals surface area contributed by atoms with Gasteiger partial charge in [-0.2, -0.15) is 0 Å². The maximum absolute atomic E-state index is 15.0. The maximum Gasteiger partial charge on any atom is 0.326 e. The molecule has 47 heavy (non-hydrogen) atoms. The molecule has 1 saturated heterocycles. The van der Waals surface area contributed by atoms with Crippen molar-refractivity contribution in [3.8, 4) is 5.75 Å². The van der Waals surface area contributed by atoms with Gasteiger partial charge in [-0.3, -0.25) is 9.89 Å².